The summed E-state index contributed by atoms with van der Waals surface area (Å²) in [6.45, 7) is 1.46. The van der Waals surface area contributed by atoms with Crippen LogP contribution in [0, 0.1) is 0 Å². The minimum atomic E-state index is -3.99. The number of nitrogens with zero attached hydrogens (tertiary/aromatic N) is 1. The van der Waals surface area contributed by atoms with Gasteiger partial charge in [-0.2, -0.15) is 0 Å². The van der Waals surface area contributed by atoms with Gasteiger partial charge in [0.1, 0.15) is 4.90 Å². The smallest absolute Gasteiger partial charge is 0.251 e. The van der Waals surface area contributed by atoms with Gasteiger partial charge in [0, 0.05) is 18.2 Å². The summed E-state index contributed by atoms with van der Waals surface area (Å²) in [5.41, 5.74) is 2.43. The largest absolute Gasteiger partial charge is 0.348 e. The number of halogens is 1. The Kier molecular flexibility index (Phi) is 5.86. The molecule has 0 unspecified atom stereocenters. The van der Waals surface area contributed by atoms with E-state index in [1.165, 1.54) is 30.2 Å². The van der Waals surface area contributed by atoms with E-state index in [-0.39, 0.29) is 15.5 Å². The van der Waals surface area contributed by atoms with E-state index in [9.17, 15) is 13.2 Å². The third-order valence-corrected chi connectivity index (χ3v) is 6.23. The second kappa shape index (κ2) is 7.98. The van der Waals surface area contributed by atoms with Gasteiger partial charge in [0.2, 0.25) is 10.0 Å². The van der Waals surface area contributed by atoms with Crippen molar-refractivity contribution >= 4 is 27.5 Å². The summed E-state index contributed by atoms with van der Waals surface area (Å²) in [5.74, 6) is -0.392. The number of hydrogen-bond donors (Lipinski definition) is 2. The number of hydrogen-bond acceptors (Lipinski definition) is 4. The summed E-state index contributed by atoms with van der Waals surface area (Å²) in [4.78, 5) is 14.4. The first-order chi connectivity index (χ1) is 12.8. The Balaban J connectivity index is 1.66. The first kappa shape index (κ1) is 19.8. The average Bonchev–Trinajstić information content (AvgIpc) is 3.05. The lowest BCUT2D eigenvalue weighted by atomic mass is 10.0. The van der Waals surface area contributed by atoms with Crippen LogP contribution in [0.3, 0.4) is 0 Å². The van der Waals surface area contributed by atoms with Crippen molar-refractivity contribution < 1.29 is 13.2 Å². The summed E-state index contributed by atoms with van der Waals surface area (Å²) in [7, 11) is -1.86. The molecule has 0 radical (unpaired) electrons. The number of benzene rings is 2. The molecule has 2 aromatic carbocycles. The number of rotatable bonds is 5. The number of nitrogens with one attached hydrogen (secondary N) is 1. The van der Waals surface area contributed by atoms with Gasteiger partial charge < -0.3 is 5.32 Å². The molecule has 0 bridgehead atoms. The van der Waals surface area contributed by atoms with Crippen LogP contribution < -0.4 is 10.5 Å². The number of nitrogens with two attached hydrogens (primary N) is 1. The molecule has 1 saturated heterocycles. The van der Waals surface area contributed by atoms with E-state index in [0.717, 1.165) is 18.5 Å². The van der Waals surface area contributed by atoms with Crippen molar-refractivity contribution in [3.05, 3.63) is 64.2 Å². The van der Waals surface area contributed by atoms with Crippen LogP contribution in [0.25, 0.3) is 0 Å². The summed E-state index contributed by atoms with van der Waals surface area (Å²) >= 11 is 5.84. The van der Waals surface area contributed by atoms with Gasteiger partial charge in [0.05, 0.1) is 5.02 Å². The van der Waals surface area contributed by atoms with E-state index >= 15 is 0 Å². The molecule has 0 aromatic heterocycles. The zero-order chi connectivity index (χ0) is 19.6. The van der Waals surface area contributed by atoms with Crippen LogP contribution in [-0.4, -0.2) is 32.8 Å². The van der Waals surface area contributed by atoms with Crippen molar-refractivity contribution in [2.45, 2.75) is 30.3 Å². The molecule has 0 aliphatic carbocycles. The molecule has 1 aliphatic heterocycles. The lowest BCUT2D eigenvalue weighted by molar-refractivity contribution is 0.0950. The van der Waals surface area contributed by atoms with Crippen LogP contribution in [0.15, 0.2) is 47.4 Å². The third kappa shape index (κ3) is 4.68. The maximum absolute atomic E-state index is 12.3. The van der Waals surface area contributed by atoms with Gasteiger partial charge in [-0.25, -0.2) is 13.6 Å². The van der Waals surface area contributed by atoms with Crippen molar-refractivity contribution in [1.29, 1.82) is 0 Å². The molecule has 1 heterocycles. The summed E-state index contributed by atoms with van der Waals surface area (Å²) in [5, 5.41) is 7.89. The third-order valence-electron chi connectivity index (χ3n) is 4.84. The number of carbonyl (C=O) groups is 1. The topological polar surface area (TPSA) is 92.5 Å². The molecule has 27 heavy (non-hydrogen) atoms. The fraction of sp³-hybridized carbons (Fsp3) is 0.316. The zero-order valence-electron chi connectivity index (χ0n) is 15.0. The molecule has 3 rings (SSSR count). The van der Waals surface area contributed by atoms with Crippen LogP contribution in [0.4, 0.5) is 0 Å². The second-order valence-electron chi connectivity index (χ2n) is 6.75. The molecule has 1 atom stereocenters. The maximum Gasteiger partial charge on any atom is 0.251 e. The minimum Gasteiger partial charge on any atom is -0.348 e. The molecular formula is C19H22ClN3O3S. The highest BCUT2D eigenvalue weighted by Crippen LogP contribution is 2.30. The highest BCUT2D eigenvalue weighted by atomic mass is 35.5. The van der Waals surface area contributed by atoms with Gasteiger partial charge in [-0.3, -0.25) is 9.69 Å². The Hall–Kier alpha value is -1.93. The first-order valence-corrected chi connectivity index (χ1v) is 10.6. The van der Waals surface area contributed by atoms with Gasteiger partial charge in [0.15, 0.2) is 0 Å². The van der Waals surface area contributed by atoms with E-state index in [4.69, 9.17) is 16.7 Å². The predicted octanol–water partition coefficient (Wildman–Crippen LogP) is 2.68. The lowest BCUT2D eigenvalue weighted by Crippen LogP contribution is -2.23. The molecule has 0 saturated carbocycles. The summed E-state index contributed by atoms with van der Waals surface area (Å²) in [6.07, 6.45) is 2.37. The van der Waals surface area contributed by atoms with Crippen LogP contribution >= 0.6 is 11.6 Å². The standard InChI is InChI=1S/C19H22ClN3O3S/c1-23-10-2-3-17(23)14-6-4-13(5-7-14)12-22-19(24)15-8-9-16(20)18(11-15)27(21,25)26/h4-9,11,17H,2-3,10,12H2,1H3,(H,22,24)(H2,21,25,26)/t17-/m0/s1. The van der Waals surface area contributed by atoms with Crippen LogP contribution in [-0.2, 0) is 16.6 Å². The van der Waals surface area contributed by atoms with Crippen molar-refractivity contribution in [2.75, 3.05) is 13.6 Å². The number of amides is 1. The van der Waals surface area contributed by atoms with Gasteiger partial charge in [-0.05, 0) is 55.8 Å². The van der Waals surface area contributed by atoms with Crippen LogP contribution in [0.1, 0.15) is 40.4 Å². The Bertz CT molecular complexity index is 945. The van der Waals surface area contributed by atoms with Gasteiger partial charge in [-0.1, -0.05) is 35.9 Å². The molecule has 2 aromatic rings. The molecule has 0 spiro atoms. The van der Waals surface area contributed by atoms with Crippen LogP contribution in [0.5, 0.6) is 0 Å². The van der Waals surface area contributed by atoms with Gasteiger partial charge >= 0.3 is 0 Å². The number of carbonyl (C=O) groups excluding carboxylic acids is 1. The molecule has 6 nitrogen and oxygen atoms in total. The average molecular weight is 408 g/mol. The van der Waals surface area contributed by atoms with Crippen LogP contribution in [0.2, 0.25) is 5.02 Å². The fourth-order valence-corrected chi connectivity index (χ4v) is 4.41. The number of primary sulfonamides is 1. The Morgan fingerprint density at radius 3 is 2.56 bits per heavy atom. The molecule has 3 N–H and O–H groups in total. The van der Waals surface area contributed by atoms with E-state index in [2.05, 4.69) is 29.4 Å². The van der Waals surface area contributed by atoms with Gasteiger partial charge in [0.25, 0.3) is 5.91 Å². The van der Waals surface area contributed by atoms with Gasteiger partial charge in [-0.15, -0.1) is 0 Å². The van der Waals surface area contributed by atoms with Crippen molar-refractivity contribution in [3.63, 3.8) is 0 Å². The van der Waals surface area contributed by atoms with E-state index in [1.54, 1.807) is 0 Å². The molecule has 1 fully saturated rings. The second-order valence-corrected chi connectivity index (χ2v) is 8.69. The number of sulfonamides is 1. The zero-order valence-corrected chi connectivity index (χ0v) is 16.6. The minimum absolute atomic E-state index is 0.0125. The first-order valence-electron chi connectivity index (χ1n) is 8.65. The molecule has 8 heteroatoms. The monoisotopic (exact) mass is 407 g/mol. The van der Waals surface area contributed by atoms with Crippen molar-refractivity contribution in [2.24, 2.45) is 5.14 Å². The van der Waals surface area contributed by atoms with Crippen molar-refractivity contribution in [3.8, 4) is 0 Å². The lowest BCUT2D eigenvalue weighted by Gasteiger charge is -2.20. The Morgan fingerprint density at radius 1 is 1.26 bits per heavy atom. The maximum atomic E-state index is 12.3. The number of likely N-dealkylation sites (tertiary alicyclic amines) is 1. The Morgan fingerprint density at radius 2 is 1.96 bits per heavy atom. The van der Waals surface area contributed by atoms with E-state index in [1.807, 2.05) is 12.1 Å². The Labute approximate surface area is 164 Å². The quantitative estimate of drug-likeness (QED) is 0.796. The molecule has 1 amide bonds. The fourth-order valence-electron chi connectivity index (χ4n) is 3.34. The van der Waals surface area contributed by atoms with E-state index in [0.29, 0.717) is 12.6 Å². The SMILES string of the molecule is CN1CCC[C@H]1c1ccc(CNC(=O)c2ccc(Cl)c(S(N)(=O)=O)c2)cc1. The highest BCUT2D eigenvalue weighted by molar-refractivity contribution is 7.89. The molecule has 1 aliphatic rings. The molecule has 144 valence electrons. The van der Waals surface area contributed by atoms with E-state index < -0.39 is 15.9 Å². The highest BCUT2D eigenvalue weighted by Gasteiger charge is 2.22. The predicted molar refractivity (Wildman–Crippen MR) is 105 cm³/mol. The normalized spacial score (nSPS) is 17.8. The molecular weight excluding hydrogens is 386 g/mol. The summed E-state index contributed by atoms with van der Waals surface area (Å²) < 4.78 is 23.1. The van der Waals surface area contributed by atoms with Crippen molar-refractivity contribution in [1.82, 2.24) is 10.2 Å². The summed E-state index contributed by atoms with van der Waals surface area (Å²) in [6, 6.07) is 12.6.